The standard InChI is InChI=1S/C18H17N3OS/c19-12-14-7-10-20-17(11-14)23-13-16(22)21-18(8-4-9-18)15-5-2-1-3-6-15/h1-3,5-7,10-11H,4,8-9,13H2,(H,21,22). The number of nitrogens with zero attached hydrogens (tertiary/aromatic N) is 2. The lowest BCUT2D eigenvalue weighted by Crippen LogP contribution is -2.51. The van der Waals surface area contributed by atoms with Gasteiger partial charge in [-0.25, -0.2) is 4.98 Å². The Hall–Kier alpha value is -2.32. The number of amides is 1. The zero-order valence-electron chi connectivity index (χ0n) is 12.7. The molecule has 1 aromatic carbocycles. The summed E-state index contributed by atoms with van der Waals surface area (Å²) in [5, 5.41) is 12.8. The number of rotatable bonds is 5. The maximum absolute atomic E-state index is 12.3. The van der Waals surface area contributed by atoms with Crippen molar-refractivity contribution in [3.63, 3.8) is 0 Å². The number of hydrogen-bond acceptors (Lipinski definition) is 4. The third-order valence-electron chi connectivity index (χ3n) is 4.13. The Labute approximate surface area is 139 Å². The van der Waals surface area contributed by atoms with E-state index in [1.807, 2.05) is 18.2 Å². The van der Waals surface area contributed by atoms with E-state index >= 15 is 0 Å². The zero-order valence-corrected chi connectivity index (χ0v) is 13.5. The molecule has 23 heavy (non-hydrogen) atoms. The average Bonchev–Trinajstić information content (AvgIpc) is 2.57. The number of carbonyl (C=O) groups excluding carboxylic acids is 1. The first-order valence-electron chi connectivity index (χ1n) is 7.57. The van der Waals surface area contributed by atoms with Gasteiger partial charge in [0.15, 0.2) is 0 Å². The Morgan fingerprint density at radius 2 is 2.09 bits per heavy atom. The van der Waals surface area contributed by atoms with E-state index in [4.69, 9.17) is 5.26 Å². The summed E-state index contributed by atoms with van der Waals surface area (Å²) in [7, 11) is 0. The van der Waals surface area contributed by atoms with Crippen molar-refractivity contribution in [2.24, 2.45) is 0 Å². The molecule has 0 saturated heterocycles. The van der Waals surface area contributed by atoms with Gasteiger partial charge in [-0.15, -0.1) is 0 Å². The van der Waals surface area contributed by atoms with Gasteiger partial charge in [0, 0.05) is 6.20 Å². The normalized spacial score (nSPS) is 15.3. The van der Waals surface area contributed by atoms with E-state index in [-0.39, 0.29) is 11.4 Å². The molecule has 0 aliphatic heterocycles. The topological polar surface area (TPSA) is 65.8 Å². The molecular formula is C18H17N3OS. The summed E-state index contributed by atoms with van der Waals surface area (Å²) >= 11 is 1.35. The fraction of sp³-hybridized carbons (Fsp3) is 0.278. The predicted molar refractivity (Wildman–Crippen MR) is 89.8 cm³/mol. The van der Waals surface area contributed by atoms with Crippen LogP contribution in [0.1, 0.15) is 30.4 Å². The number of nitrogens with one attached hydrogen (secondary N) is 1. The largest absolute Gasteiger partial charge is 0.346 e. The molecule has 4 nitrogen and oxygen atoms in total. The van der Waals surface area contributed by atoms with E-state index in [1.165, 1.54) is 17.3 Å². The van der Waals surface area contributed by atoms with E-state index in [1.54, 1.807) is 18.3 Å². The molecule has 1 aliphatic rings. The lowest BCUT2D eigenvalue weighted by molar-refractivity contribution is -0.121. The Morgan fingerprint density at radius 3 is 2.74 bits per heavy atom. The van der Waals surface area contributed by atoms with Crippen molar-refractivity contribution in [2.45, 2.75) is 29.8 Å². The Kier molecular flexibility index (Phi) is 4.63. The van der Waals surface area contributed by atoms with Crippen molar-refractivity contribution >= 4 is 17.7 Å². The molecule has 1 N–H and O–H groups in total. The summed E-state index contributed by atoms with van der Waals surface area (Å²) in [5.41, 5.74) is 1.53. The van der Waals surface area contributed by atoms with E-state index in [0.717, 1.165) is 19.3 Å². The third kappa shape index (κ3) is 3.54. The number of pyridine rings is 1. The molecule has 116 valence electrons. The third-order valence-corrected chi connectivity index (χ3v) is 5.05. The van der Waals surface area contributed by atoms with Crippen LogP contribution in [0.4, 0.5) is 0 Å². The summed E-state index contributed by atoms with van der Waals surface area (Å²) in [4.78, 5) is 16.5. The predicted octanol–water partition coefficient (Wildman–Crippen LogP) is 3.24. The van der Waals surface area contributed by atoms with Gasteiger partial charge in [-0.2, -0.15) is 5.26 Å². The van der Waals surface area contributed by atoms with Gasteiger partial charge in [0.25, 0.3) is 0 Å². The lowest BCUT2D eigenvalue weighted by atomic mass is 9.72. The summed E-state index contributed by atoms with van der Waals surface area (Å²) in [6, 6.07) is 15.6. The van der Waals surface area contributed by atoms with Crippen LogP contribution < -0.4 is 5.32 Å². The second-order valence-corrected chi connectivity index (χ2v) is 6.63. The number of benzene rings is 1. The molecule has 1 amide bonds. The van der Waals surface area contributed by atoms with Crippen LogP contribution in [0, 0.1) is 11.3 Å². The van der Waals surface area contributed by atoms with Crippen LogP contribution in [0.2, 0.25) is 0 Å². The molecule has 0 spiro atoms. The number of carbonyl (C=O) groups is 1. The smallest absolute Gasteiger partial charge is 0.231 e. The second kappa shape index (κ2) is 6.84. The van der Waals surface area contributed by atoms with Crippen molar-refractivity contribution in [1.82, 2.24) is 10.3 Å². The first-order valence-corrected chi connectivity index (χ1v) is 8.56. The summed E-state index contributed by atoms with van der Waals surface area (Å²) in [6.07, 6.45) is 4.69. The molecule has 1 saturated carbocycles. The van der Waals surface area contributed by atoms with E-state index in [0.29, 0.717) is 16.3 Å². The van der Waals surface area contributed by atoms with Crippen LogP contribution in [-0.2, 0) is 10.3 Å². The molecule has 1 heterocycles. The molecule has 0 atom stereocenters. The Bertz CT molecular complexity index is 735. The van der Waals surface area contributed by atoms with Crippen LogP contribution in [0.5, 0.6) is 0 Å². The van der Waals surface area contributed by atoms with Gasteiger partial charge < -0.3 is 5.32 Å². The molecule has 1 aromatic heterocycles. The van der Waals surface area contributed by atoms with Crippen LogP contribution in [0.3, 0.4) is 0 Å². The number of thioether (sulfide) groups is 1. The zero-order chi connectivity index (χ0) is 16.1. The lowest BCUT2D eigenvalue weighted by Gasteiger charge is -2.43. The molecule has 0 unspecified atom stereocenters. The molecule has 3 rings (SSSR count). The fourth-order valence-corrected chi connectivity index (χ4v) is 3.47. The summed E-state index contributed by atoms with van der Waals surface area (Å²) in [6.45, 7) is 0. The minimum absolute atomic E-state index is 0.00251. The van der Waals surface area contributed by atoms with E-state index < -0.39 is 0 Å². The number of aromatic nitrogens is 1. The van der Waals surface area contributed by atoms with Crippen molar-refractivity contribution in [3.05, 3.63) is 59.8 Å². The van der Waals surface area contributed by atoms with Gasteiger partial charge in [0.2, 0.25) is 5.91 Å². The monoisotopic (exact) mass is 323 g/mol. The van der Waals surface area contributed by atoms with Gasteiger partial charge >= 0.3 is 0 Å². The summed E-state index contributed by atoms with van der Waals surface area (Å²) < 4.78 is 0. The first-order chi connectivity index (χ1) is 11.2. The maximum Gasteiger partial charge on any atom is 0.231 e. The number of nitriles is 1. The van der Waals surface area contributed by atoms with Gasteiger partial charge in [0.1, 0.15) is 0 Å². The highest BCUT2D eigenvalue weighted by atomic mass is 32.2. The quantitative estimate of drug-likeness (QED) is 0.858. The highest BCUT2D eigenvalue weighted by molar-refractivity contribution is 7.99. The Balaban J connectivity index is 1.61. The van der Waals surface area contributed by atoms with Crippen LogP contribution in [0.15, 0.2) is 53.7 Å². The molecule has 1 aliphatic carbocycles. The minimum Gasteiger partial charge on any atom is -0.346 e. The van der Waals surface area contributed by atoms with Crippen molar-refractivity contribution in [1.29, 1.82) is 5.26 Å². The van der Waals surface area contributed by atoms with Crippen molar-refractivity contribution in [2.75, 3.05) is 5.75 Å². The van der Waals surface area contributed by atoms with Crippen LogP contribution in [0.25, 0.3) is 0 Å². The van der Waals surface area contributed by atoms with Crippen molar-refractivity contribution in [3.8, 4) is 6.07 Å². The molecule has 0 bridgehead atoms. The highest BCUT2D eigenvalue weighted by Crippen LogP contribution is 2.41. The maximum atomic E-state index is 12.3. The van der Waals surface area contributed by atoms with Crippen LogP contribution in [-0.4, -0.2) is 16.6 Å². The highest BCUT2D eigenvalue weighted by Gasteiger charge is 2.39. The SMILES string of the molecule is N#Cc1ccnc(SCC(=O)NC2(c3ccccc3)CCC2)c1. The molecule has 5 heteroatoms. The number of hydrogen-bond donors (Lipinski definition) is 1. The summed E-state index contributed by atoms with van der Waals surface area (Å²) in [5.74, 6) is 0.305. The van der Waals surface area contributed by atoms with Gasteiger partial charge in [0.05, 0.1) is 28.0 Å². The fourth-order valence-electron chi connectivity index (χ4n) is 2.77. The molecule has 1 fully saturated rings. The van der Waals surface area contributed by atoms with E-state index in [9.17, 15) is 4.79 Å². The van der Waals surface area contributed by atoms with Gasteiger partial charge in [-0.05, 0) is 37.0 Å². The molecule has 0 radical (unpaired) electrons. The van der Waals surface area contributed by atoms with E-state index in [2.05, 4.69) is 28.5 Å². The van der Waals surface area contributed by atoms with Crippen LogP contribution >= 0.6 is 11.8 Å². The Morgan fingerprint density at radius 1 is 1.30 bits per heavy atom. The molecular weight excluding hydrogens is 306 g/mol. The van der Waals surface area contributed by atoms with Crippen molar-refractivity contribution < 1.29 is 4.79 Å². The first kappa shape index (κ1) is 15.6. The molecule has 2 aromatic rings. The second-order valence-electron chi connectivity index (χ2n) is 5.63. The minimum atomic E-state index is -0.208. The van der Waals surface area contributed by atoms with Gasteiger partial charge in [-0.3, -0.25) is 4.79 Å². The van der Waals surface area contributed by atoms with Gasteiger partial charge in [-0.1, -0.05) is 42.1 Å². The average molecular weight is 323 g/mol.